The Morgan fingerprint density at radius 2 is 2.00 bits per heavy atom. The molecule has 0 radical (unpaired) electrons. The molecule has 2 rings (SSSR count). The van der Waals surface area contributed by atoms with Gasteiger partial charge in [-0.25, -0.2) is 5.43 Å². The quantitative estimate of drug-likeness (QED) is 0.625. The first-order valence-corrected chi connectivity index (χ1v) is 6.66. The Labute approximate surface area is 108 Å². The molecule has 0 bridgehead atoms. The fourth-order valence-corrected chi connectivity index (χ4v) is 2.59. The Morgan fingerprint density at radius 3 is 2.56 bits per heavy atom. The van der Waals surface area contributed by atoms with Crippen LogP contribution >= 0.6 is 0 Å². The van der Waals surface area contributed by atoms with Crippen molar-refractivity contribution >= 4 is 11.0 Å². The van der Waals surface area contributed by atoms with E-state index in [9.17, 15) is 0 Å². The molecule has 18 heavy (non-hydrogen) atoms. The fourth-order valence-electron chi connectivity index (χ4n) is 2.59. The number of nitrogens with one attached hydrogen (secondary N) is 1. The van der Waals surface area contributed by atoms with E-state index in [0.29, 0.717) is 5.92 Å². The van der Waals surface area contributed by atoms with Gasteiger partial charge < -0.3 is 4.42 Å². The van der Waals surface area contributed by atoms with Crippen molar-refractivity contribution in [2.45, 2.75) is 39.7 Å². The van der Waals surface area contributed by atoms with Gasteiger partial charge in [-0.3, -0.25) is 5.84 Å². The summed E-state index contributed by atoms with van der Waals surface area (Å²) in [6.07, 6.45) is 2.17. The highest BCUT2D eigenvalue weighted by Gasteiger charge is 2.22. The molecule has 0 aliphatic heterocycles. The van der Waals surface area contributed by atoms with Crippen molar-refractivity contribution in [3.63, 3.8) is 0 Å². The van der Waals surface area contributed by atoms with Crippen molar-refractivity contribution < 1.29 is 4.42 Å². The van der Waals surface area contributed by atoms with Crippen LogP contribution in [0, 0.1) is 12.8 Å². The highest BCUT2D eigenvalue weighted by Crippen LogP contribution is 2.32. The smallest absolute Gasteiger partial charge is 0.137 e. The summed E-state index contributed by atoms with van der Waals surface area (Å²) < 4.78 is 5.99. The molecule has 3 heteroatoms. The highest BCUT2D eigenvalue weighted by molar-refractivity contribution is 5.81. The van der Waals surface area contributed by atoms with Gasteiger partial charge in [-0.2, -0.15) is 0 Å². The molecule has 0 aliphatic carbocycles. The molecule has 0 aliphatic rings. The van der Waals surface area contributed by atoms with Gasteiger partial charge in [0.2, 0.25) is 0 Å². The summed E-state index contributed by atoms with van der Waals surface area (Å²) in [6, 6.07) is 8.39. The zero-order valence-electron chi connectivity index (χ0n) is 11.4. The van der Waals surface area contributed by atoms with Crippen LogP contribution in [0.25, 0.3) is 11.0 Å². The SMILES string of the molecule is CCC(CC)C(NN)c1cc2cccc(C)c2o1. The summed E-state index contributed by atoms with van der Waals surface area (Å²) >= 11 is 0. The lowest BCUT2D eigenvalue weighted by atomic mass is 9.93. The molecule has 1 aromatic heterocycles. The van der Waals surface area contributed by atoms with E-state index in [2.05, 4.69) is 50.5 Å². The molecule has 0 fully saturated rings. The zero-order chi connectivity index (χ0) is 13.1. The normalized spacial score (nSPS) is 13.4. The van der Waals surface area contributed by atoms with E-state index in [4.69, 9.17) is 10.3 Å². The van der Waals surface area contributed by atoms with E-state index in [-0.39, 0.29) is 6.04 Å². The number of hydrazine groups is 1. The van der Waals surface area contributed by atoms with Crippen LogP contribution in [0.5, 0.6) is 0 Å². The van der Waals surface area contributed by atoms with E-state index < -0.39 is 0 Å². The van der Waals surface area contributed by atoms with E-state index in [1.165, 1.54) is 5.56 Å². The van der Waals surface area contributed by atoms with Crippen molar-refractivity contribution in [1.82, 2.24) is 5.43 Å². The van der Waals surface area contributed by atoms with Crippen molar-refractivity contribution in [3.8, 4) is 0 Å². The largest absolute Gasteiger partial charge is 0.459 e. The molecular weight excluding hydrogens is 224 g/mol. The highest BCUT2D eigenvalue weighted by atomic mass is 16.3. The Hall–Kier alpha value is -1.32. The predicted molar refractivity (Wildman–Crippen MR) is 75.1 cm³/mol. The van der Waals surface area contributed by atoms with Crippen LogP contribution in [0.15, 0.2) is 28.7 Å². The topological polar surface area (TPSA) is 51.2 Å². The molecule has 98 valence electrons. The maximum Gasteiger partial charge on any atom is 0.137 e. The molecule has 0 saturated carbocycles. The van der Waals surface area contributed by atoms with Gasteiger partial charge in [-0.15, -0.1) is 0 Å². The molecule has 1 unspecified atom stereocenters. The van der Waals surface area contributed by atoms with Gasteiger partial charge >= 0.3 is 0 Å². The van der Waals surface area contributed by atoms with Crippen LogP contribution in [0.3, 0.4) is 0 Å². The second-order valence-electron chi connectivity index (χ2n) is 4.86. The predicted octanol–water partition coefficient (Wildman–Crippen LogP) is 3.68. The van der Waals surface area contributed by atoms with Crippen LogP contribution in [-0.2, 0) is 0 Å². The standard InChI is InChI=1S/C15H22N2O/c1-4-11(5-2)14(17-16)13-9-12-8-6-7-10(3)15(12)18-13/h6-9,11,14,17H,4-5,16H2,1-3H3. The summed E-state index contributed by atoms with van der Waals surface area (Å²) in [4.78, 5) is 0. The molecule has 1 atom stereocenters. The van der Waals surface area contributed by atoms with Crippen molar-refractivity contribution in [2.24, 2.45) is 11.8 Å². The first kappa shape index (κ1) is 13.1. The minimum absolute atomic E-state index is 0.0896. The van der Waals surface area contributed by atoms with Gasteiger partial charge in [0.25, 0.3) is 0 Å². The number of para-hydroxylation sites is 1. The van der Waals surface area contributed by atoms with Crippen LogP contribution in [-0.4, -0.2) is 0 Å². The summed E-state index contributed by atoms with van der Waals surface area (Å²) in [5, 5.41) is 1.15. The van der Waals surface area contributed by atoms with Crippen molar-refractivity contribution in [2.75, 3.05) is 0 Å². The monoisotopic (exact) mass is 246 g/mol. The molecule has 0 amide bonds. The van der Waals surface area contributed by atoms with E-state index in [0.717, 1.165) is 29.6 Å². The lowest BCUT2D eigenvalue weighted by Crippen LogP contribution is -2.32. The number of fused-ring (bicyclic) bond motifs is 1. The number of furan rings is 1. The zero-order valence-corrected chi connectivity index (χ0v) is 11.4. The van der Waals surface area contributed by atoms with E-state index >= 15 is 0 Å². The van der Waals surface area contributed by atoms with Gasteiger partial charge in [-0.05, 0) is 24.5 Å². The average molecular weight is 246 g/mol. The molecule has 1 heterocycles. The third-order valence-corrected chi connectivity index (χ3v) is 3.77. The lowest BCUT2D eigenvalue weighted by molar-refractivity contribution is 0.303. The number of hydrogen-bond acceptors (Lipinski definition) is 3. The number of aryl methyl sites for hydroxylation is 1. The Balaban J connectivity index is 2.42. The van der Waals surface area contributed by atoms with Gasteiger partial charge in [0.15, 0.2) is 0 Å². The Kier molecular flexibility index (Phi) is 4.04. The molecule has 0 saturated heterocycles. The van der Waals surface area contributed by atoms with Gasteiger partial charge in [0, 0.05) is 5.39 Å². The maximum absolute atomic E-state index is 5.99. The summed E-state index contributed by atoms with van der Waals surface area (Å²) in [7, 11) is 0. The first-order valence-electron chi connectivity index (χ1n) is 6.66. The molecule has 2 aromatic rings. The minimum Gasteiger partial charge on any atom is -0.459 e. The van der Waals surface area contributed by atoms with Crippen LogP contribution < -0.4 is 11.3 Å². The maximum atomic E-state index is 5.99. The van der Waals surface area contributed by atoms with Gasteiger partial charge in [0.1, 0.15) is 11.3 Å². The third-order valence-electron chi connectivity index (χ3n) is 3.77. The molecule has 3 N–H and O–H groups in total. The molecule has 1 aromatic carbocycles. The Morgan fingerprint density at radius 1 is 1.28 bits per heavy atom. The van der Waals surface area contributed by atoms with Crippen LogP contribution in [0.1, 0.15) is 44.1 Å². The second kappa shape index (κ2) is 5.55. The Bertz CT molecular complexity index is 514. The average Bonchev–Trinajstić information content (AvgIpc) is 2.80. The lowest BCUT2D eigenvalue weighted by Gasteiger charge is -2.22. The summed E-state index contributed by atoms with van der Waals surface area (Å²) in [6.45, 7) is 6.44. The molecule has 0 spiro atoms. The van der Waals surface area contributed by atoms with E-state index in [1.54, 1.807) is 0 Å². The summed E-state index contributed by atoms with van der Waals surface area (Å²) in [5.74, 6) is 7.14. The van der Waals surface area contributed by atoms with Crippen LogP contribution in [0.2, 0.25) is 0 Å². The molecular formula is C15H22N2O. The number of nitrogens with two attached hydrogens (primary N) is 1. The van der Waals surface area contributed by atoms with Gasteiger partial charge in [-0.1, -0.05) is 44.9 Å². The third kappa shape index (κ3) is 2.28. The molecule has 3 nitrogen and oxygen atoms in total. The summed E-state index contributed by atoms with van der Waals surface area (Å²) in [5.41, 5.74) is 5.04. The number of rotatable bonds is 5. The van der Waals surface area contributed by atoms with Crippen LogP contribution in [0.4, 0.5) is 0 Å². The number of hydrogen-bond donors (Lipinski definition) is 2. The second-order valence-corrected chi connectivity index (χ2v) is 4.86. The fraction of sp³-hybridized carbons (Fsp3) is 0.467. The van der Waals surface area contributed by atoms with Gasteiger partial charge in [0.05, 0.1) is 6.04 Å². The van der Waals surface area contributed by atoms with E-state index in [1.807, 2.05) is 0 Å². The minimum atomic E-state index is 0.0896. The first-order chi connectivity index (χ1) is 8.71. The van der Waals surface area contributed by atoms with Crippen molar-refractivity contribution in [3.05, 3.63) is 35.6 Å². The number of benzene rings is 1. The van der Waals surface area contributed by atoms with Crippen molar-refractivity contribution in [1.29, 1.82) is 0 Å².